The van der Waals surface area contributed by atoms with Gasteiger partial charge in [-0.1, -0.05) is 70.4 Å². The third-order valence-electron chi connectivity index (χ3n) is 4.50. The zero-order valence-electron chi connectivity index (χ0n) is 16.4. The predicted molar refractivity (Wildman–Crippen MR) is 109 cm³/mol. The number of allylic oxidation sites excluding steroid dienone is 2. The van der Waals surface area contributed by atoms with Crippen molar-refractivity contribution in [3.05, 3.63) is 42.0 Å². The van der Waals surface area contributed by atoms with Crippen molar-refractivity contribution in [1.82, 2.24) is 0 Å². The maximum absolute atomic E-state index is 11.8. The Morgan fingerprint density at radius 1 is 0.846 bits per heavy atom. The summed E-state index contributed by atoms with van der Waals surface area (Å²) < 4.78 is 5.25. The molecule has 0 amide bonds. The molecule has 1 N–H and O–H groups in total. The van der Waals surface area contributed by atoms with E-state index in [-0.39, 0.29) is 11.7 Å². The normalized spacial score (nSPS) is 11.1. The van der Waals surface area contributed by atoms with Crippen molar-refractivity contribution in [3.8, 4) is 5.75 Å². The number of hydrogen-bond donors (Lipinski definition) is 1. The van der Waals surface area contributed by atoms with Crippen molar-refractivity contribution in [1.29, 1.82) is 0 Å². The molecule has 0 heterocycles. The quantitative estimate of drug-likeness (QED) is 0.212. The van der Waals surface area contributed by atoms with Crippen molar-refractivity contribution in [2.45, 2.75) is 84.0 Å². The highest BCUT2D eigenvalue weighted by Crippen LogP contribution is 2.13. The topological polar surface area (TPSA) is 46.5 Å². The van der Waals surface area contributed by atoms with Gasteiger partial charge in [0, 0.05) is 0 Å². The van der Waals surface area contributed by atoms with Crippen molar-refractivity contribution in [2.75, 3.05) is 6.61 Å². The molecule has 1 aromatic carbocycles. The Kier molecular flexibility index (Phi) is 13.3. The van der Waals surface area contributed by atoms with Crippen molar-refractivity contribution >= 4 is 5.97 Å². The Labute approximate surface area is 159 Å². The van der Waals surface area contributed by atoms with Crippen LogP contribution in [0.3, 0.4) is 0 Å². The monoisotopic (exact) mass is 360 g/mol. The molecule has 0 bridgehead atoms. The minimum absolute atomic E-state index is 0.158. The molecule has 0 aliphatic heterocycles. The Morgan fingerprint density at radius 3 is 1.96 bits per heavy atom. The Hall–Kier alpha value is -1.77. The lowest BCUT2D eigenvalue weighted by Crippen LogP contribution is -2.06. The molecule has 0 fully saturated rings. The smallest absolute Gasteiger partial charge is 0.338 e. The molecule has 3 nitrogen and oxygen atoms in total. The van der Waals surface area contributed by atoms with E-state index >= 15 is 0 Å². The van der Waals surface area contributed by atoms with Crippen LogP contribution in [-0.2, 0) is 4.74 Å². The van der Waals surface area contributed by atoms with E-state index in [1.165, 1.54) is 69.9 Å². The largest absolute Gasteiger partial charge is 0.508 e. The zero-order chi connectivity index (χ0) is 18.9. The average molecular weight is 361 g/mol. The van der Waals surface area contributed by atoms with Crippen LogP contribution in [0.15, 0.2) is 36.4 Å². The number of carbonyl (C=O) groups is 1. The number of esters is 1. The molecular weight excluding hydrogens is 324 g/mol. The van der Waals surface area contributed by atoms with E-state index in [9.17, 15) is 9.90 Å². The SMILES string of the molecule is CC/C=C/CCCCCCCCCCCCOC(=O)c1ccc(O)cc1. The van der Waals surface area contributed by atoms with Crippen LogP contribution in [0.2, 0.25) is 0 Å². The summed E-state index contributed by atoms with van der Waals surface area (Å²) in [6, 6.07) is 6.17. The summed E-state index contributed by atoms with van der Waals surface area (Å²) >= 11 is 0. The van der Waals surface area contributed by atoms with Gasteiger partial charge in [0.05, 0.1) is 12.2 Å². The summed E-state index contributed by atoms with van der Waals surface area (Å²) in [7, 11) is 0. The van der Waals surface area contributed by atoms with E-state index in [0.717, 1.165) is 19.3 Å². The van der Waals surface area contributed by atoms with Gasteiger partial charge < -0.3 is 9.84 Å². The molecule has 0 unspecified atom stereocenters. The molecule has 0 saturated carbocycles. The first-order valence-electron chi connectivity index (χ1n) is 10.3. The Balaban J connectivity index is 1.84. The summed E-state index contributed by atoms with van der Waals surface area (Å²) in [5.41, 5.74) is 0.490. The van der Waals surface area contributed by atoms with Crippen molar-refractivity contribution in [2.24, 2.45) is 0 Å². The number of ether oxygens (including phenoxy) is 1. The van der Waals surface area contributed by atoms with Gasteiger partial charge in [-0.25, -0.2) is 4.79 Å². The molecule has 1 aromatic rings. The maximum atomic E-state index is 11.8. The first-order chi connectivity index (χ1) is 12.7. The van der Waals surface area contributed by atoms with Crippen LogP contribution in [0.4, 0.5) is 0 Å². The number of benzene rings is 1. The number of rotatable bonds is 15. The van der Waals surface area contributed by atoms with E-state index in [2.05, 4.69) is 19.1 Å². The van der Waals surface area contributed by atoms with E-state index in [1.54, 1.807) is 12.1 Å². The van der Waals surface area contributed by atoms with Crippen LogP contribution in [0, 0.1) is 0 Å². The lowest BCUT2D eigenvalue weighted by molar-refractivity contribution is 0.0497. The van der Waals surface area contributed by atoms with Gasteiger partial charge in [0.25, 0.3) is 0 Å². The van der Waals surface area contributed by atoms with E-state index < -0.39 is 0 Å². The van der Waals surface area contributed by atoms with E-state index in [4.69, 9.17) is 4.74 Å². The van der Waals surface area contributed by atoms with Gasteiger partial charge in [0.2, 0.25) is 0 Å². The fourth-order valence-corrected chi connectivity index (χ4v) is 2.91. The lowest BCUT2D eigenvalue weighted by Gasteiger charge is -2.05. The second kappa shape index (κ2) is 15.5. The third-order valence-corrected chi connectivity index (χ3v) is 4.50. The molecule has 0 radical (unpaired) electrons. The van der Waals surface area contributed by atoms with Crippen LogP contribution in [0.25, 0.3) is 0 Å². The highest BCUT2D eigenvalue weighted by molar-refractivity contribution is 5.89. The summed E-state index contributed by atoms with van der Waals surface area (Å²) in [6.45, 7) is 2.66. The average Bonchev–Trinajstić information content (AvgIpc) is 2.65. The first kappa shape index (κ1) is 22.3. The highest BCUT2D eigenvalue weighted by Gasteiger charge is 2.06. The van der Waals surface area contributed by atoms with Gasteiger partial charge >= 0.3 is 5.97 Å². The van der Waals surface area contributed by atoms with Crippen LogP contribution < -0.4 is 0 Å². The van der Waals surface area contributed by atoms with Gasteiger partial charge in [-0.15, -0.1) is 0 Å². The van der Waals surface area contributed by atoms with Gasteiger partial charge in [0.15, 0.2) is 0 Å². The van der Waals surface area contributed by atoms with Gasteiger partial charge in [-0.2, -0.15) is 0 Å². The molecule has 0 aliphatic rings. The number of phenols is 1. The zero-order valence-corrected chi connectivity index (χ0v) is 16.4. The minimum atomic E-state index is -0.310. The van der Waals surface area contributed by atoms with Crippen molar-refractivity contribution in [3.63, 3.8) is 0 Å². The molecule has 1 rings (SSSR count). The summed E-state index contributed by atoms with van der Waals surface area (Å²) in [4.78, 5) is 11.8. The van der Waals surface area contributed by atoms with Gasteiger partial charge in [-0.3, -0.25) is 0 Å². The van der Waals surface area contributed by atoms with Gasteiger partial charge in [0.1, 0.15) is 5.75 Å². The first-order valence-corrected chi connectivity index (χ1v) is 10.3. The number of phenolic OH excluding ortho intramolecular Hbond substituents is 1. The Morgan fingerprint density at radius 2 is 1.38 bits per heavy atom. The second-order valence-electron chi connectivity index (χ2n) is 6.89. The summed E-state index contributed by atoms with van der Waals surface area (Å²) in [5, 5.41) is 9.20. The fourth-order valence-electron chi connectivity index (χ4n) is 2.91. The maximum Gasteiger partial charge on any atom is 0.338 e. The number of unbranched alkanes of at least 4 members (excludes halogenated alkanes) is 10. The highest BCUT2D eigenvalue weighted by atomic mass is 16.5. The van der Waals surface area contributed by atoms with E-state index in [0.29, 0.717) is 12.2 Å². The number of hydrogen-bond acceptors (Lipinski definition) is 3. The summed E-state index contributed by atoms with van der Waals surface area (Å²) in [6.07, 6.45) is 19.6. The van der Waals surface area contributed by atoms with Crippen LogP contribution in [0.1, 0.15) is 94.3 Å². The molecule has 0 aliphatic carbocycles. The van der Waals surface area contributed by atoms with Crippen LogP contribution >= 0.6 is 0 Å². The lowest BCUT2D eigenvalue weighted by atomic mass is 10.1. The Bertz CT molecular complexity index is 491. The fraction of sp³-hybridized carbons (Fsp3) is 0.609. The molecule has 0 saturated heterocycles. The molecule has 0 spiro atoms. The molecule has 146 valence electrons. The van der Waals surface area contributed by atoms with Gasteiger partial charge in [-0.05, 0) is 49.9 Å². The summed E-state index contributed by atoms with van der Waals surface area (Å²) in [5.74, 6) is -0.152. The molecule has 0 atom stereocenters. The standard InChI is InChI=1S/C23H36O3/c1-2-3-4-5-6-7-8-9-10-11-12-13-14-15-20-26-23(25)21-16-18-22(24)19-17-21/h3-4,16-19,24H,2,5-15,20H2,1H3/b4-3+. The second-order valence-corrected chi connectivity index (χ2v) is 6.89. The minimum Gasteiger partial charge on any atom is -0.508 e. The number of carbonyl (C=O) groups excluding carboxylic acids is 1. The molecule has 26 heavy (non-hydrogen) atoms. The van der Waals surface area contributed by atoms with E-state index in [1.807, 2.05) is 0 Å². The van der Waals surface area contributed by atoms with Crippen molar-refractivity contribution < 1.29 is 14.6 Å². The molecule has 3 heteroatoms. The predicted octanol–water partition coefficient (Wildman–Crippen LogP) is 6.81. The van der Waals surface area contributed by atoms with Crippen LogP contribution in [0.5, 0.6) is 5.75 Å². The van der Waals surface area contributed by atoms with Crippen LogP contribution in [-0.4, -0.2) is 17.7 Å². The number of aromatic hydroxyl groups is 1. The molecule has 0 aromatic heterocycles. The molecular formula is C23H36O3. The third kappa shape index (κ3) is 11.7.